The lowest BCUT2D eigenvalue weighted by Gasteiger charge is -2.32. The van der Waals surface area contributed by atoms with Crippen LogP contribution in [0.15, 0.2) is 24.3 Å². The largest absolute Gasteiger partial charge is 0.383 e. The molecule has 6 nitrogen and oxygen atoms in total. The summed E-state index contributed by atoms with van der Waals surface area (Å²) >= 11 is 5.83. The molecular formula is C16H22ClN3O3. The molecule has 1 aromatic rings. The second-order valence-corrected chi connectivity index (χ2v) is 5.94. The maximum absolute atomic E-state index is 12.3. The summed E-state index contributed by atoms with van der Waals surface area (Å²) in [6, 6.07) is 6.75. The zero-order valence-corrected chi connectivity index (χ0v) is 13.9. The fraction of sp³-hybridized carbons (Fsp3) is 0.500. The van der Waals surface area contributed by atoms with Gasteiger partial charge in [0.25, 0.3) is 0 Å². The van der Waals surface area contributed by atoms with Gasteiger partial charge in [-0.3, -0.25) is 4.79 Å². The Bertz CT molecular complexity index is 536. The Morgan fingerprint density at radius 1 is 1.35 bits per heavy atom. The van der Waals surface area contributed by atoms with Crippen molar-refractivity contribution in [2.24, 2.45) is 5.92 Å². The molecule has 3 amide bonds. The number of nitrogens with zero attached hydrogens (tertiary/aromatic N) is 1. The van der Waals surface area contributed by atoms with Crippen LogP contribution in [-0.2, 0) is 9.53 Å². The van der Waals surface area contributed by atoms with Crippen LogP contribution in [0, 0.1) is 5.92 Å². The van der Waals surface area contributed by atoms with E-state index in [1.807, 2.05) is 0 Å². The monoisotopic (exact) mass is 339 g/mol. The molecule has 1 heterocycles. The van der Waals surface area contributed by atoms with Gasteiger partial charge in [-0.15, -0.1) is 0 Å². The number of halogens is 1. The van der Waals surface area contributed by atoms with Crippen molar-refractivity contribution in [3.05, 3.63) is 29.3 Å². The molecule has 1 aliphatic heterocycles. The molecule has 1 fully saturated rings. The molecule has 1 aromatic carbocycles. The van der Waals surface area contributed by atoms with Crippen molar-refractivity contribution in [2.45, 2.75) is 12.8 Å². The van der Waals surface area contributed by atoms with Gasteiger partial charge < -0.3 is 20.3 Å². The third-order valence-electron chi connectivity index (χ3n) is 3.78. The highest BCUT2D eigenvalue weighted by molar-refractivity contribution is 6.30. The number of benzene rings is 1. The maximum atomic E-state index is 12.3. The number of hydrogen-bond donors (Lipinski definition) is 2. The minimum absolute atomic E-state index is 0.0222. The number of rotatable bonds is 5. The van der Waals surface area contributed by atoms with Crippen molar-refractivity contribution >= 4 is 29.2 Å². The van der Waals surface area contributed by atoms with Crippen LogP contribution in [0.5, 0.6) is 0 Å². The number of carbonyl (C=O) groups excluding carboxylic acids is 2. The summed E-state index contributed by atoms with van der Waals surface area (Å²) in [5, 5.41) is 6.28. The van der Waals surface area contributed by atoms with Crippen LogP contribution >= 0.6 is 11.6 Å². The van der Waals surface area contributed by atoms with Crippen LogP contribution in [0.25, 0.3) is 0 Å². The lowest BCUT2D eigenvalue weighted by molar-refractivity contribution is -0.126. The van der Waals surface area contributed by atoms with Gasteiger partial charge in [0.2, 0.25) is 5.91 Å². The number of piperidine rings is 1. The number of hydrogen-bond acceptors (Lipinski definition) is 3. The highest BCUT2D eigenvalue weighted by atomic mass is 35.5. The molecule has 0 saturated carbocycles. The summed E-state index contributed by atoms with van der Waals surface area (Å²) in [4.78, 5) is 26.1. The summed E-state index contributed by atoms with van der Waals surface area (Å²) < 4.78 is 4.92. The topological polar surface area (TPSA) is 70.7 Å². The molecule has 2 rings (SSSR count). The molecule has 0 spiro atoms. The van der Waals surface area contributed by atoms with E-state index in [9.17, 15) is 9.59 Å². The second kappa shape index (κ2) is 8.74. The Hall–Kier alpha value is -1.79. The highest BCUT2D eigenvalue weighted by Crippen LogP contribution is 2.19. The molecule has 1 atom stereocenters. The summed E-state index contributed by atoms with van der Waals surface area (Å²) in [7, 11) is 1.59. The molecular weight excluding hydrogens is 318 g/mol. The Labute approximate surface area is 141 Å². The molecule has 23 heavy (non-hydrogen) atoms. The molecule has 2 N–H and O–H groups in total. The second-order valence-electron chi connectivity index (χ2n) is 5.51. The van der Waals surface area contributed by atoms with E-state index in [-0.39, 0.29) is 17.9 Å². The minimum atomic E-state index is -0.193. The average molecular weight is 340 g/mol. The first kappa shape index (κ1) is 17.6. The van der Waals surface area contributed by atoms with Crippen molar-refractivity contribution in [1.82, 2.24) is 10.2 Å². The van der Waals surface area contributed by atoms with E-state index in [0.717, 1.165) is 12.8 Å². The van der Waals surface area contributed by atoms with E-state index < -0.39 is 0 Å². The van der Waals surface area contributed by atoms with Crippen LogP contribution in [0.1, 0.15) is 12.8 Å². The number of urea groups is 1. The van der Waals surface area contributed by atoms with Gasteiger partial charge >= 0.3 is 6.03 Å². The third kappa shape index (κ3) is 5.41. The quantitative estimate of drug-likeness (QED) is 0.809. The first-order chi connectivity index (χ1) is 11.1. The van der Waals surface area contributed by atoms with Crippen LogP contribution in [0.3, 0.4) is 0 Å². The molecule has 1 saturated heterocycles. The van der Waals surface area contributed by atoms with Crippen molar-refractivity contribution < 1.29 is 14.3 Å². The Morgan fingerprint density at radius 3 is 2.78 bits per heavy atom. The SMILES string of the molecule is COCCNC(=O)C1CCCN(C(=O)Nc2ccc(Cl)cc2)C1. The molecule has 1 aliphatic rings. The van der Waals surface area contributed by atoms with Gasteiger partial charge in [0.1, 0.15) is 0 Å². The van der Waals surface area contributed by atoms with E-state index in [1.54, 1.807) is 36.3 Å². The van der Waals surface area contributed by atoms with Crippen molar-refractivity contribution in [2.75, 3.05) is 38.7 Å². The number of ether oxygens (including phenoxy) is 1. The molecule has 7 heteroatoms. The van der Waals surface area contributed by atoms with E-state index in [0.29, 0.717) is 37.0 Å². The number of amides is 3. The van der Waals surface area contributed by atoms with Crippen molar-refractivity contribution in [1.29, 1.82) is 0 Å². The van der Waals surface area contributed by atoms with Crippen LogP contribution < -0.4 is 10.6 Å². The van der Waals surface area contributed by atoms with Gasteiger partial charge in [-0.1, -0.05) is 11.6 Å². The molecule has 1 unspecified atom stereocenters. The predicted octanol–water partition coefficient (Wildman–Crippen LogP) is 2.35. The summed E-state index contributed by atoms with van der Waals surface area (Å²) in [6.45, 7) is 2.06. The summed E-state index contributed by atoms with van der Waals surface area (Å²) in [5.74, 6) is -0.192. The molecule has 126 valence electrons. The summed E-state index contributed by atoms with van der Waals surface area (Å²) in [5.41, 5.74) is 0.686. The first-order valence-corrected chi connectivity index (χ1v) is 8.06. The third-order valence-corrected chi connectivity index (χ3v) is 4.03. The smallest absolute Gasteiger partial charge is 0.321 e. The first-order valence-electron chi connectivity index (χ1n) is 7.68. The Balaban J connectivity index is 1.85. The number of likely N-dealkylation sites (tertiary alicyclic amines) is 1. The number of carbonyl (C=O) groups is 2. The fourth-order valence-electron chi connectivity index (χ4n) is 2.53. The van der Waals surface area contributed by atoms with E-state index in [4.69, 9.17) is 16.3 Å². The van der Waals surface area contributed by atoms with Crippen LogP contribution in [0.4, 0.5) is 10.5 Å². The van der Waals surface area contributed by atoms with Gasteiger partial charge in [-0.2, -0.15) is 0 Å². The normalized spacial score (nSPS) is 17.7. The number of methoxy groups -OCH3 is 1. The van der Waals surface area contributed by atoms with Gasteiger partial charge in [0, 0.05) is 37.5 Å². The zero-order chi connectivity index (χ0) is 16.7. The molecule has 0 aromatic heterocycles. The Morgan fingerprint density at radius 2 is 2.09 bits per heavy atom. The molecule has 0 aliphatic carbocycles. The standard InChI is InChI=1S/C16H22ClN3O3/c1-23-10-8-18-15(21)12-3-2-9-20(11-12)16(22)19-14-6-4-13(17)5-7-14/h4-7,12H,2-3,8-11H2,1H3,(H,18,21)(H,19,22). The van der Waals surface area contributed by atoms with Crippen LogP contribution in [0.2, 0.25) is 5.02 Å². The fourth-order valence-corrected chi connectivity index (χ4v) is 2.66. The highest BCUT2D eigenvalue weighted by Gasteiger charge is 2.28. The van der Waals surface area contributed by atoms with Gasteiger partial charge in [0.05, 0.1) is 12.5 Å². The van der Waals surface area contributed by atoms with E-state index in [1.165, 1.54) is 0 Å². The maximum Gasteiger partial charge on any atom is 0.321 e. The van der Waals surface area contributed by atoms with E-state index in [2.05, 4.69) is 10.6 Å². The molecule has 0 radical (unpaired) electrons. The van der Waals surface area contributed by atoms with E-state index >= 15 is 0 Å². The minimum Gasteiger partial charge on any atom is -0.383 e. The predicted molar refractivity (Wildman–Crippen MR) is 89.7 cm³/mol. The number of nitrogens with one attached hydrogen (secondary N) is 2. The number of anilines is 1. The average Bonchev–Trinajstić information content (AvgIpc) is 2.57. The van der Waals surface area contributed by atoms with Crippen molar-refractivity contribution in [3.63, 3.8) is 0 Å². The van der Waals surface area contributed by atoms with Gasteiger partial charge in [-0.05, 0) is 37.1 Å². The van der Waals surface area contributed by atoms with Crippen molar-refractivity contribution in [3.8, 4) is 0 Å². The summed E-state index contributed by atoms with van der Waals surface area (Å²) in [6.07, 6.45) is 1.61. The lowest BCUT2D eigenvalue weighted by atomic mass is 9.97. The zero-order valence-electron chi connectivity index (χ0n) is 13.2. The van der Waals surface area contributed by atoms with Crippen LogP contribution in [-0.4, -0.2) is 50.2 Å². The van der Waals surface area contributed by atoms with Gasteiger partial charge in [0.15, 0.2) is 0 Å². The Kier molecular flexibility index (Phi) is 6.67. The lowest BCUT2D eigenvalue weighted by Crippen LogP contribution is -2.47. The van der Waals surface area contributed by atoms with Gasteiger partial charge in [-0.25, -0.2) is 4.79 Å². The molecule has 0 bridgehead atoms.